The Hall–Kier alpha value is -2.30. The van der Waals surface area contributed by atoms with Gasteiger partial charge in [-0.2, -0.15) is 13.2 Å². The molecule has 3 rings (SSSR count). The molecule has 0 radical (unpaired) electrons. The van der Waals surface area contributed by atoms with Crippen LogP contribution in [0.3, 0.4) is 0 Å². The lowest BCUT2D eigenvalue weighted by Crippen LogP contribution is -2.25. The van der Waals surface area contributed by atoms with Crippen molar-refractivity contribution < 1.29 is 18.0 Å². The molecule has 1 N–H and O–H groups in total. The van der Waals surface area contributed by atoms with Gasteiger partial charge in [0.15, 0.2) is 0 Å². The van der Waals surface area contributed by atoms with Crippen LogP contribution in [0.15, 0.2) is 48.5 Å². The molecule has 0 unspecified atom stereocenters. The summed E-state index contributed by atoms with van der Waals surface area (Å²) >= 11 is 0. The Morgan fingerprint density at radius 2 is 1.57 bits per heavy atom. The fourth-order valence-electron chi connectivity index (χ4n) is 2.75. The number of carbonyl (C=O) groups is 1. The van der Waals surface area contributed by atoms with Crippen molar-refractivity contribution in [2.75, 3.05) is 5.32 Å². The summed E-state index contributed by atoms with van der Waals surface area (Å²) in [6, 6.07) is 12.4. The van der Waals surface area contributed by atoms with E-state index in [1.54, 1.807) is 30.3 Å². The molecule has 21 heavy (non-hydrogen) atoms. The normalized spacial score (nSPS) is 18.0. The standard InChI is InChI=1S/C16H12F3NO/c17-16(18,19)13-7-3-1-5-10(13)12-9-15(21)20-14-8-4-2-6-11(12)14/h1-8,12H,9H2,(H,20,21)/t12-/m0/s1. The smallest absolute Gasteiger partial charge is 0.326 e. The van der Waals surface area contributed by atoms with Gasteiger partial charge in [0.05, 0.1) is 5.56 Å². The summed E-state index contributed by atoms with van der Waals surface area (Å²) in [5, 5.41) is 2.70. The van der Waals surface area contributed by atoms with Gasteiger partial charge in [-0.3, -0.25) is 4.79 Å². The quantitative estimate of drug-likeness (QED) is 0.839. The summed E-state index contributed by atoms with van der Waals surface area (Å²) in [6.07, 6.45) is -4.41. The largest absolute Gasteiger partial charge is 0.416 e. The molecule has 5 heteroatoms. The first-order valence-corrected chi connectivity index (χ1v) is 6.51. The molecule has 1 atom stereocenters. The first kappa shape index (κ1) is 13.7. The lowest BCUT2D eigenvalue weighted by atomic mass is 9.82. The molecule has 0 fully saturated rings. The van der Waals surface area contributed by atoms with Crippen LogP contribution < -0.4 is 5.32 Å². The molecule has 1 heterocycles. The Morgan fingerprint density at radius 1 is 0.952 bits per heavy atom. The number of para-hydroxylation sites is 1. The number of anilines is 1. The predicted molar refractivity (Wildman–Crippen MR) is 73.0 cm³/mol. The van der Waals surface area contributed by atoms with Gasteiger partial charge in [0, 0.05) is 18.0 Å². The van der Waals surface area contributed by atoms with E-state index >= 15 is 0 Å². The minimum Gasteiger partial charge on any atom is -0.326 e. The summed E-state index contributed by atoms with van der Waals surface area (Å²) in [5.74, 6) is -0.844. The molecular formula is C16H12F3NO. The maximum atomic E-state index is 13.2. The van der Waals surface area contributed by atoms with E-state index in [9.17, 15) is 18.0 Å². The molecule has 0 bridgehead atoms. The number of amides is 1. The molecule has 1 aliphatic rings. The van der Waals surface area contributed by atoms with E-state index in [-0.39, 0.29) is 17.9 Å². The number of benzene rings is 2. The van der Waals surface area contributed by atoms with Crippen molar-refractivity contribution in [1.29, 1.82) is 0 Å². The summed E-state index contributed by atoms with van der Waals surface area (Å²) in [4.78, 5) is 11.8. The molecule has 1 amide bonds. The zero-order chi connectivity index (χ0) is 15.0. The first-order valence-electron chi connectivity index (χ1n) is 6.51. The van der Waals surface area contributed by atoms with Crippen LogP contribution in [0.1, 0.15) is 29.0 Å². The molecular weight excluding hydrogens is 279 g/mol. The average molecular weight is 291 g/mol. The number of hydrogen-bond acceptors (Lipinski definition) is 1. The van der Waals surface area contributed by atoms with Gasteiger partial charge in [-0.05, 0) is 23.3 Å². The Balaban J connectivity index is 2.16. The van der Waals surface area contributed by atoms with Crippen LogP contribution in [0.5, 0.6) is 0 Å². The number of rotatable bonds is 1. The van der Waals surface area contributed by atoms with Gasteiger partial charge in [0.1, 0.15) is 0 Å². The van der Waals surface area contributed by atoms with E-state index < -0.39 is 17.7 Å². The monoisotopic (exact) mass is 291 g/mol. The van der Waals surface area contributed by atoms with E-state index in [2.05, 4.69) is 5.32 Å². The second-order valence-corrected chi connectivity index (χ2v) is 4.98. The average Bonchev–Trinajstić information content (AvgIpc) is 2.45. The predicted octanol–water partition coefficient (Wildman–Crippen LogP) is 4.18. The van der Waals surface area contributed by atoms with E-state index in [1.165, 1.54) is 12.1 Å². The highest BCUT2D eigenvalue weighted by Crippen LogP contribution is 2.42. The molecule has 0 saturated carbocycles. The molecule has 0 aliphatic carbocycles. The van der Waals surface area contributed by atoms with Crippen molar-refractivity contribution in [2.24, 2.45) is 0 Å². The van der Waals surface area contributed by atoms with E-state index in [1.807, 2.05) is 0 Å². The molecule has 2 aromatic carbocycles. The zero-order valence-corrected chi connectivity index (χ0v) is 10.9. The van der Waals surface area contributed by atoms with Gasteiger partial charge in [-0.1, -0.05) is 36.4 Å². The minimum absolute atomic E-state index is 0.0180. The van der Waals surface area contributed by atoms with E-state index in [0.717, 1.165) is 6.07 Å². The van der Waals surface area contributed by atoms with Gasteiger partial charge in [-0.15, -0.1) is 0 Å². The second-order valence-electron chi connectivity index (χ2n) is 4.98. The fourth-order valence-corrected chi connectivity index (χ4v) is 2.75. The summed E-state index contributed by atoms with van der Waals surface area (Å²) < 4.78 is 39.5. The number of halogens is 3. The Labute approximate surface area is 119 Å². The highest BCUT2D eigenvalue weighted by Gasteiger charge is 2.37. The SMILES string of the molecule is O=C1C[C@@H](c2ccccc2C(F)(F)F)c2ccccc2N1. The van der Waals surface area contributed by atoms with Gasteiger partial charge in [0.2, 0.25) is 5.91 Å². The molecule has 1 aliphatic heterocycles. The van der Waals surface area contributed by atoms with E-state index in [4.69, 9.17) is 0 Å². The van der Waals surface area contributed by atoms with Crippen LogP contribution in [0.25, 0.3) is 0 Å². The van der Waals surface area contributed by atoms with Crippen molar-refractivity contribution in [1.82, 2.24) is 0 Å². The van der Waals surface area contributed by atoms with Gasteiger partial charge in [0.25, 0.3) is 0 Å². The van der Waals surface area contributed by atoms with Crippen LogP contribution in [0, 0.1) is 0 Å². The maximum Gasteiger partial charge on any atom is 0.416 e. The Kier molecular flexibility index (Phi) is 3.20. The molecule has 0 spiro atoms. The number of alkyl halides is 3. The number of carbonyl (C=O) groups excluding carboxylic acids is 1. The van der Waals surface area contributed by atoms with Crippen molar-refractivity contribution in [3.8, 4) is 0 Å². The van der Waals surface area contributed by atoms with E-state index in [0.29, 0.717) is 11.3 Å². The number of fused-ring (bicyclic) bond motifs is 1. The molecule has 0 saturated heterocycles. The van der Waals surface area contributed by atoms with Crippen LogP contribution in [0.2, 0.25) is 0 Å². The van der Waals surface area contributed by atoms with Crippen molar-refractivity contribution in [3.63, 3.8) is 0 Å². The van der Waals surface area contributed by atoms with Crippen LogP contribution in [-0.4, -0.2) is 5.91 Å². The van der Waals surface area contributed by atoms with Gasteiger partial charge in [-0.25, -0.2) is 0 Å². The maximum absolute atomic E-state index is 13.2. The first-order chi connectivity index (χ1) is 9.97. The fraction of sp³-hybridized carbons (Fsp3) is 0.188. The van der Waals surface area contributed by atoms with Crippen molar-refractivity contribution in [2.45, 2.75) is 18.5 Å². The van der Waals surface area contributed by atoms with Crippen molar-refractivity contribution in [3.05, 3.63) is 65.2 Å². The summed E-state index contributed by atoms with van der Waals surface area (Å²) in [7, 11) is 0. The third-order valence-corrected chi connectivity index (χ3v) is 3.64. The highest BCUT2D eigenvalue weighted by atomic mass is 19.4. The Bertz CT molecular complexity index is 694. The number of hydrogen-bond donors (Lipinski definition) is 1. The third kappa shape index (κ3) is 2.51. The lowest BCUT2D eigenvalue weighted by molar-refractivity contribution is -0.138. The minimum atomic E-state index is -4.43. The van der Waals surface area contributed by atoms with Gasteiger partial charge >= 0.3 is 6.18 Å². The van der Waals surface area contributed by atoms with Crippen LogP contribution in [-0.2, 0) is 11.0 Å². The summed E-state index contributed by atoms with van der Waals surface area (Å²) in [5.41, 5.74) is 0.760. The number of nitrogens with one attached hydrogen (secondary N) is 1. The van der Waals surface area contributed by atoms with Crippen LogP contribution >= 0.6 is 0 Å². The highest BCUT2D eigenvalue weighted by molar-refractivity contribution is 5.95. The zero-order valence-electron chi connectivity index (χ0n) is 10.9. The van der Waals surface area contributed by atoms with Gasteiger partial charge < -0.3 is 5.32 Å². The topological polar surface area (TPSA) is 29.1 Å². The summed E-state index contributed by atoms with van der Waals surface area (Å²) in [6.45, 7) is 0. The second kappa shape index (κ2) is 4.91. The molecule has 2 aromatic rings. The lowest BCUT2D eigenvalue weighted by Gasteiger charge is -2.27. The Morgan fingerprint density at radius 3 is 2.29 bits per heavy atom. The van der Waals surface area contributed by atoms with Crippen molar-refractivity contribution >= 4 is 11.6 Å². The molecule has 2 nitrogen and oxygen atoms in total. The molecule has 108 valence electrons. The third-order valence-electron chi connectivity index (χ3n) is 3.64. The van der Waals surface area contributed by atoms with Crippen LogP contribution in [0.4, 0.5) is 18.9 Å². The molecule has 0 aromatic heterocycles.